The maximum Gasteiger partial charge on any atom is 0.433 e. The van der Waals surface area contributed by atoms with Crippen molar-refractivity contribution in [2.24, 2.45) is 4.99 Å². The van der Waals surface area contributed by atoms with Crippen molar-refractivity contribution in [2.75, 3.05) is 12.0 Å². The van der Waals surface area contributed by atoms with Gasteiger partial charge in [-0.05, 0) is 67.9 Å². The van der Waals surface area contributed by atoms with E-state index in [1.54, 1.807) is 24.3 Å². The van der Waals surface area contributed by atoms with Gasteiger partial charge in [0.15, 0.2) is 0 Å². The Hall–Kier alpha value is -3.89. The van der Waals surface area contributed by atoms with E-state index < -0.39 is 41.1 Å². The average Bonchev–Trinajstić information content (AvgIpc) is 3.18. The highest BCUT2D eigenvalue weighted by atomic mass is 19.4. The molecule has 0 saturated carbocycles. The first-order valence-electron chi connectivity index (χ1n) is 11.5. The lowest BCUT2D eigenvalue weighted by Gasteiger charge is -2.25. The summed E-state index contributed by atoms with van der Waals surface area (Å²) in [4.78, 5) is 23.2. The lowest BCUT2D eigenvalue weighted by atomic mass is 9.99. The summed E-state index contributed by atoms with van der Waals surface area (Å²) in [6.07, 6.45) is -9.14. The third kappa shape index (κ3) is 5.51. The number of ether oxygens (including phenoxy) is 1. The molecule has 0 N–H and O–H groups in total. The highest BCUT2D eigenvalue weighted by Gasteiger charge is 2.41. The number of alkyl halides is 6. The van der Waals surface area contributed by atoms with Gasteiger partial charge in [-0.3, -0.25) is 14.7 Å². The Bertz CT molecular complexity index is 1360. The lowest BCUT2D eigenvalue weighted by Crippen LogP contribution is -2.30. The number of amides is 1. The molecule has 2 heterocycles. The minimum Gasteiger partial charge on any atom is -0.497 e. The fourth-order valence-electron chi connectivity index (χ4n) is 4.29. The van der Waals surface area contributed by atoms with Gasteiger partial charge >= 0.3 is 12.4 Å². The number of methoxy groups -OCH3 is 1. The fourth-order valence-corrected chi connectivity index (χ4v) is 4.29. The number of halogens is 6. The number of benzene rings is 2. The number of aliphatic imine (C=N–C) groups is 1. The van der Waals surface area contributed by atoms with E-state index in [4.69, 9.17) is 4.74 Å². The molecule has 38 heavy (non-hydrogen) atoms. The summed E-state index contributed by atoms with van der Waals surface area (Å²) >= 11 is 0. The molecule has 200 valence electrons. The molecule has 0 bridgehead atoms. The molecule has 0 aliphatic carbocycles. The highest BCUT2D eigenvalue weighted by molar-refractivity contribution is 6.46. The quantitative estimate of drug-likeness (QED) is 0.331. The van der Waals surface area contributed by atoms with E-state index in [1.807, 2.05) is 0 Å². The molecular formula is C27H23F6N3O2. The minimum absolute atomic E-state index is 0.0125. The van der Waals surface area contributed by atoms with Crippen LogP contribution in [-0.2, 0) is 22.7 Å². The molecule has 1 fully saturated rings. The zero-order chi connectivity index (χ0) is 27.9. The van der Waals surface area contributed by atoms with Crippen LogP contribution in [0.2, 0.25) is 0 Å². The molecule has 1 aliphatic rings. The molecule has 4 rings (SSSR count). The van der Waals surface area contributed by atoms with E-state index >= 15 is 0 Å². The number of carbonyl (C=O) groups excluding carboxylic acids is 1. The van der Waals surface area contributed by atoms with Crippen LogP contribution in [0.15, 0.2) is 71.7 Å². The maximum absolute atomic E-state index is 13.6. The van der Waals surface area contributed by atoms with Crippen molar-refractivity contribution in [1.82, 2.24) is 4.98 Å². The minimum atomic E-state index is -4.65. The van der Waals surface area contributed by atoms with E-state index in [2.05, 4.69) is 9.98 Å². The van der Waals surface area contributed by atoms with Gasteiger partial charge in [0, 0.05) is 12.1 Å². The van der Waals surface area contributed by atoms with Gasteiger partial charge in [0.1, 0.15) is 17.2 Å². The van der Waals surface area contributed by atoms with Crippen LogP contribution in [-0.4, -0.2) is 23.7 Å². The topological polar surface area (TPSA) is 54.8 Å². The van der Waals surface area contributed by atoms with Crippen LogP contribution in [0.1, 0.15) is 48.8 Å². The van der Waals surface area contributed by atoms with Crippen LogP contribution in [0.4, 0.5) is 32.0 Å². The van der Waals surface area contributed by atoms with Crippen LogP contribution < -0.4 is 9.64 Å². The number of pyridine rings is 1. The molecule has 1 saturated heterocycles. The number of rotatable bonds is 5. The number of carbonyl (C=O) groups is 1. The summed E-state index contributed by atoms with van der Waals surface area (Å²) in [5, 5.41) is 0. The van der Waals surface area contributed by atoms with Crippen LogP contribution >= 0.6 is 0 Å². The van der Waals surface area contributed by atoms with Gasteiger partial charge in [0.05, 0.1) is 29.9 Å². The first-order valence-corrected chi connectivity index (χ1v) is 11.5. The number of anilines is 1. The van der Waals surface area contributed by atoms with Crippen LogP contribution in [0.3, 0.4) is 0 Å². The van der Waals surface area contributed by atoms with Crippen LogP contribution in [0, 0.1) is 0 Å². The van der Waals surface area contributed by atoms with Gasteiger partial charge in [-0.2, -0.15) is 26.3 Å². The van der Waals surface area contributed by atoms with Crippen molar-refractivity contribution in [3.63, 3.8) is 0 Å². The molecule has 0 radical (unpaired) electrons. The summed E-state index contributed by atoms with van der Waals surface area (Å²) in [5.74, 6) is -0.0566. The summed E-state index contributed by atoms with van der Waals surface area (Å²) < 4.78 is 84.3. The molecule has 1 aromatic heterocycles. The summed E-state index contributed by atoms with van der Waals surface area (Å²) in [7, 11) is 1.48. The van der Waals surface area contributed by atoms with Crippen LogP contribution in [0.25, 0.3) is 0 Å². The molecule has 0 unspecified atom stereocenters. The Morgan fingerprint density at radius 3 is 2.13 bits per heavy atom. The molecule has 5 nitrogen and oxygen atoms in total. The molecule has 1 aliphatic heterocycles. The Labute approximate surface area is 214 Å². The monoisotopic (exact) mass is 535 g/mol. The number of hydrogen-bond acceptors (Lipinski definition) is 4. The Morgan fingerprint density at radius 1 is 0.895 bits per heavy atom. The third-order valence-corrected chi connectivity index (χ3v) is 6.20. The zero-order valence-electron chi connectivity index (χ0n) is 20.6. The van der Waals surface area contributed by atoms with Gasteiger partial charge in [0.25, 0.3) is 5.91 Å². The van der Waals surface area contributed by atoms with Crippen LogP contribution in [0.5, 0.6) is 5.75 Å². The first-order chi connectivity index (χ1) is 17.7. The standard InChI is InChI=1S/C27H23F6N3O2/c1-25(2,22-8-5-9-23(34-22)27(31,32)33)35-20-15-21(16-6-4-7-19(14-16)38-3)36(24(20)37)18-12-10-17(11-13-18)26(28,29)30/h4-14,21H,15H2,1-3H3/t21-/m1/s1. The molecule has 2 aromatic carbocycles. The number of nitrogens with zero attached hydrogens (tertiary/aromatic N) is 3. The number of aromatic nitrogens is 1. The van der Waals surface area contributed by atoms with Gasteiger partial charge in [-0.15, -0.1) is 0 Å². The second-order valence-corrected chi connectivity index (χ2v) is 9.24. The second-order valence-electron chi connectivity index (χ2n) is 9.24. The van der Waals surface area contributed by atoms with E-state index in [9.17, 15) is 31.1 Å². The van der Waals surface area contributed by atoms with E-state index in [0.29, 0.717) is 11.3 Å². The SMILES string of the molecule is COc1cccc([C@H]2CC(=NC(C)(C)c3cccc(C(F)(F)F)n3)C(=O)N2c2ccc(C(F)(F)F)cc2)c1. The van der Waals surface area contributed by atoms with Crippen molar-refractivity contribution < 1.29 is 35.9 Å². The fraction of sp³-hybridized carbons (Fsp3) is 0.296. The van der Waals surface area contributed by atoms with Gasteiger partial charge in [0.2, 0.25) is 0 Å². The number of hydrogen-bond donors (Lipinski definition) is 0. The summed E-state index contributed by atoms with van der Waals surface area (Å²) in [5.41, 5.74) is -2.31. The molecule has 11 heteroatoms. The predicted octanol–water partition coefficient (Wildman–Crippen LogP) is 6.98. The summed E-state index contributed by atoms with van der Waals surface area (Å²) in [6, 6.07) is 13.9. The van der Waals surface area contributed by atoms with Gasteiger partial charge < -0.3 is 4.74 Å². The van der Waals surface area contributed by atoms with Gasteiger partial charge in [-0.1, -0.05) is 18.2 Å². The first kappa shape index (κ1) is 27.2. The molecule has 1 atom stereocenters. The Balaban J connectivity index is 1.77. The van der Waals surface area contributed by atoms with Gasteiger partial charge in [-0.25, -0.2) is 4.98 Å². The molecule has 3 aromatic rings. The van der Waals surface area contributed by atoms with Crippen molar-refractivity contribution in [3.8, 4) is 5.75 Å². The molecule has 1 amide bonds. The van der Waals surface area contributed by atoms with Crippen molar-refractivity contribution in [2.45, 2.75) is 44.2 Å². The zero-order valence-corrected chi connectivity index (χ0v) is 20.6. The molecule has 0 spiro atoms. The lowest BCUT2D eigenvalue weighted by molar-refractivity contribution is -0.141. The smallest absolute Gasteiger partial charge is 0.433 e. The van der Waals surface area contributed by atoms with E-state index in [0.717, 1.165) is 18.2 Å². The van der Waals surface area contributed by atoms with Crippen molar-refractivity contribution >= 4 is 17.3 Å². The van der Waals surface area contributed by atoms with E-state index in [1.165, 1.54) is 50.1 Å². The van der Waals surface area contributed by atoms with E-state index in [-0.39, 0.29) is 23.5 Å². The maximum atomic E-state index is 13.6. The summed E-state index contributed by atoms with van der Waals surface area (Å²) in [6.45, 7) is 3.08. The van der Waals surface area contributed by atoms with Crippen molar-refractivity contribution in [1.29, 1.82) is 0 Å². The highest BCUT2D eigenvalue weighted by Crippen LogP contribution is 2.40. The third-order valence-electron chi connectivity index (χ3n) is 6.20. The molecular weight excluding hydrogens is 512 g/mol. The average molecular weight is 535 g/mol. The Kier molecular flexibility index (Phi) is 6.98. The normalized spacial score (nSPS) is 17.8. The Morgan fingerprint density at radius 2 is 1.53 bits per heavy atom. The predicted molar refractivity (Wildman–Crippen MR) is 129 cm³/mol. The second kappa shape index (κ2) is 9.77. The largest absolute Gasteiger partial charge is 0.497 e. The van der Waals surface area contributed by atoms with Crippen molar-refractivity contribution in [3.05, 3.63) is 89.2 Å².